The topological polar surface area (TPSA) is 43.6 Å². The summed E-state index contributed by atoms with van der Waals surface area (Å²) in [5.74, 6) is 0. The Balaban J connectivity index is 1.81. The first-order valence-corrected chi connectivity index (χ1v) is 8.13. The highest BCUT2D eigenvalue weighted by Gasteiger charge is 2.16. The first-order valence-electron chi connectivity index (χ1n) is 7.31. The SMILES string of the molecule is Cc1nc(-c2ccccn2)sc1-c1ccnn1-c1ccccc1. The summed E-state index contributed by atoms with van der Waals surface area (Å²) >= 11 is 1.64. The molecule has 23 heavy (non-hydrogen) atoms. The third-order valence-electron chi connectivity index (χ3n) is 3.56. The van der Waals surface area contributed by atoms with Gasteiger partial charge in [0.15, 0.2) is 0 Å². The van der Waals surface area contributed by atoms with E-state index in [0.717, 1.165) is 32.7 Å². The molecule has 0 atom stereocenters. The van der Waals surface area contributed by atoms with Crippen LogP contribution in [0.5, 0.6) is 0 Å². The van der Waals surface area contributed by atoms with Gasteiger partial charge in [-0.15, -0.1) is 11.3 Å². The van der Waals surface area contributed by atoms with Crippen LogP contribution in [-0.4, -0.2) is 19.7 Å². The highest BCUT2D eigenvalue weighted by molar-refractivity contribution is 7.18. The van der Waals surface area contributed by atoms with Gasteiger partial charge in [-0.1, -0.05) is 24.3 Å². The first-order chi connectivity index (χ1) is 11.3. The van der Waals surface area contributed by atoms with Crippen LogP contribution in [-0.2, 0) is 0 Å². The van der Waals surface area contributed by atoms with Gasteiger partial charge < -0.3 is 0 Å². The zero-order chi connectivity index (χ0) is 15.6. The number of benzene rings is 1. The number of thiazole rings is 1. The molecule has 0 fully saturated rings. The summed E-state index contributed by atoms with van der Waals surface area (Å²) < 4.78 is 1.95. The summed E-state index contributed by atoms with van der Waals surface area (Å²) in [6, 6.07) is 18.0. The molecule has 0 amide bonds. The highest BCUT2D eigenvalue weighted by Crippen LogP contribution is 2.35. The van der Waals surface area contributed by atoms with E-state index in [9.17, 15) is 0 Å². The smallest absolute Gasteiger partial charge is 0.142 e. The lowest BCUT2D eigenvalue weighted by Gasteiger charge is -2.06. The molecule has 0 bridgehead atoms. The van der Waals surface area contributed by atoms with Gasteiger partial charge in [-0.3, -0.25) is 4.98 Å². The summed E-state index contributed by atoms with van der Waals surface area (Å²) in [5.41, 5.74) is 3.99. The highest BCUT2D eigenvalue weighted by atomic mass is 32.1. The zero-order valence-corrected chi connectivity index (χ0v) is 13.4. The molecule has 3 aromatic heterocycles. The van der Waals surface area contributed by atoms with Crippen molar-refractivity contribution in [1.29, 1.82) is 0 Å². The van der Waals surface area contributed by atoms with Crippen LogP contribution < -0.4 is 0 Å². The molecule has 0 N–H and O–H groups in total. The molecule has 4 aromatic rings. The molecule has 4 rings (SSSR count). The van der Waals surface area contributed by atoms with E-state index in [4.69, 9.17) is 0 Å². The van der Waals surface area contributed by atoms with Gasteiger partial charge in [-0.05, 0) is 37.3 Å². The van der Waals surface area contributed by atoms with E-state index in [1.165, 1.54) is 0 Å². The minimum Gasteiger partial charge on any atom is -0.254 e. The van der Waals surface area contributed by atoms with Crippen molar-refractivity contribution in [2.75, 3.05) is 0 Å². The fraction of sp³-hybridized carbons (Fsp3) is 0.0556. The molecule has 1 aromatic carbocycles. The third kappa shape index (κ3) is 2.55. The van der Waals surface area contributed by atoms with E-state index in [-0.39, 0.29) is 0 Å². The van der Waals surface area contributed by atoms with Crippen molar-refractivity contribution in [1.82, 2.24) is 19.7 Å². The van der Waals surface area contributed by atoms with Gasteiger partial charge in [-0.2, -0.15) is 5.10 Å². The van der Waals surface area contributed by atoms with Gasteiger partial charge in [0.2, 0.25) is 0 Å². The summed E-state index contributed by atoms with van der Waals surface area (Å²) in [6.45, 7) is 2.03. The second kappa shape index (κ2) is 5.78. The van der Waals surface area contributed by atoms with Gasteiger partial charge in [0.05, 0.1) is 33.8 Å². The minimum absolute atomic E-state index is 0.901. The Labute approximate surface area is 138 Å². The van der Waals surface area contributed by atoms with Crippen LogP contribution in [0, 0.1) is 6.92 Å². The lowest BCUT2D eigenvalue weighted by atomic mass is 10.2. The Morgan fingerprint density at radius 2 is 1.74 bits per heavy atom. The van der Waals surface area contributed by atoms with E-state index in [2.05, 4.69) is 15.1 Å². The van der Waals surface area contributed by atoms with Crippen molar-refractivity contribution < 1.29 is 0 Å². The summed E-state index contributed by atoms with van der Waals surface area (Å²) in [7, 11) is 0. The lowest BCUT2D eigenvalue weighted by molar-refractivity contribution is 0.888. The van der Waals surface area contributed by atoms with E-state index >= 15 is 0 Å². The molecular weight excluding hydrogens is 304 g/mol. The summed E-state index contributed by atoms with van der Waals surface area (Å²) in [4.78, 5) is 10.2. The fourth-order valence-corrected chi connectivity index (χ4v) is 3.54. The van der Waals surface area contributed by atoms with Crippen LogP contribution in [0.1, 0.15) is 5.69 Å². The van der Waals surface area contributed by atoms with Gasteiger partial charge in [0, 0.05) is 6.20 Å². The molecule has 4 nitrogen and oxygen atoms in total. The molecule has 3 heterocycles. The number of para-hydroxylation sites is 1. The van der Waals surface area contributed by atoms with Crippen LogP contribution in [0.25, 0.3) is 27.0 Å². The van der Waals surface area contributed by atoms with E-state index in [1.807, 2.05) is 72.4 Å². The molecule has 0 unspecified atom stereocenters. The van der Waals surface area contributed by atoms with Crippen molar-refractivity contribution in [3.05, 3.63) is 72.7 Å². The second-order valence-electron chi connectivity index (χ2n) is 5.11. The molecule has 112 valence electrons. The van der Waals surface area contributed by atoms with Crippen LogP contribution in [0.15, 0.2) is 67.0 Å². The second-order valence-corrected chi connectivity index (χ2v) is 6.11. The van der Waals surface area contributed by atoms with Crippen molar-refractivity contribution >= 4 is 11.3 Å². The fourth-order valence-electron chi connectivity index (χ4n) is 2.48. The maximum Gasteiger partial charge on any atom is 0.142 e. The Morgan fingerprint density at radius 3 is 2.52 bits per heavy atom. The molecule has 0 aliphatic heterocycles. The molecule has 0 aliphatic carbocycles. The van der Waals surface area contributed by atoms with E-state index < -0.39 is 0 Å². The monoisotopic (exact) mass is 318 g/mol. The van der Waals surface area contributed by atoms with Crippen LogP contribution in [0.2, 0.25) is 0 Å². The maximum atomic E-state index is 4.69. The van der Waals surface area contributed by atoms with Crippen LogP contribution >= 0.6 is 11.3 Å². The Morgan fingerprint density at radius 1 is 0.913 bits per heavy atom. The molecular formula is C18H14N4S. The number of pyridine rings is 1. The quantitative estimate of drug-likeness (QED) is 0.563. The summed E-state index contributed by atoms with van der Waals surface area (Å²) in [5, 5.41) is 5.40. The Hall–Kier alpha value is -2.79. The molecule has 0 saturated heterocycles. The van der Waals surface area contributed by atoms with Gasteiger partial charge in [0.1, 0.15) is 5.01 Å². The average molecular weight is 318 g/mol. The normalized spacial score (nSPS) is 10.8. The first kappa shape index (κ1) is 13.8. The van der Waals surface area contributed by atoms with Gasteiger partial charge >= 0.3 is 0 Å². The number of hydrogen-bond donors (Lipinski definition) is 0. The van der Waals surface area contributed by atoms with Crippen molar-refractivity contribution in [3.63, 3.8) is 0 Å². The van der Waals surface area contributed by atoms with E-state index in [0.29, 0.717) is 0 Å². The molecule has 0 aliphatic rings. The van der Waals surface area contributed by atoms with Gasteiger partial charge in [0.25, 0.3) is 0 Å². The zero-order valence-electron chi connectivity index (χ0n) is 12.5. The third-order valence-corrected chi connectivity index (χ3v) is 4.76. The predicted octanol–water partition coefficient (Wildman–Crippen LogP) is 4.37. The lowest BCUT2D eigenvalue weighted by Crippen LogP contribution is -1.98. The average Bonchev–Trinajstić information content (AvgIpc) is 3.23. The number of rotatable bonds is 3. The Bertz CT molecular complexity index is 926. The molecule has 0 radical (unpaired) electrons. The van der Waals surface area contributed by atoms with Crippen molar-refractivity contribution in [3.8, 4) is 27.0 Å². The Kier molecular flexibility index (Phi) is 3.48. The molecule has 0 spiro atoms. The van der Waals surface area contributed by atoms with Crippen molar-refractivity contribution in [2.45, 2.75) is 6.92 Å². The standard InChI is InChI=1S/C18H14N4S/c1-13-17(23-18(21-13)15-9-5-6-11-19-15)16-10-12-20-22(16)14-7-3-2-4-8-14/h2-12H,1H3. The minimum atomic E-state index is 0.901. The van der Waals surface area contributed by atoms with Crippen LogP contribution in [0.4, 0.5) is 0 Å². The number of aromatic nitrogens is 4. The predicted molar refractivity (Wildman–Crippen MR) is 92.6 cm³/mol. The largest absolute Gasteiger partial charge is 0.254 e. The number of aryl methyl sites for hydroxylation is 1. The molecule has 5 heteroatoms. The van der Waals surface area contributed by atoms with Crippen LogP contribution in [0.3, 0.4) is 0 Å². The van der Waals surface area contributed by atoms with E-state index in [1.54, 1.807) is 17.5 Å². The van der Waals surface area contributed by atoms with Crippen molar-refractivity contribution in [2.24, 2.45) is 0 Å². The molecule has 0 saturated carbocycles. The number of hydrogen-bond acceptors (Lipinski definition) is 4. The summed E-state index contributed by atoms with van der Waals surface area (Å²) in [6.07, 6.45) is 3.61. The number of nitrogens with zero attached hydrogens (tertiary/aromatic N) is 4. The maximum absolute atomic E-state index is 4.69. The van der Waals surface area contributed by atoms with Gasteiger partial charge in [-0.25, -0.2) is 9.67 Å².